The number of nitrogens with one attached hydrogen (secondary N) is 1. The highest BCUT2D eigenvalue weighted by Crippen LogP contribution is 2.23. The SMILES string of the molecule is CC/C=C\C/C=C\CCCCCCCCCCCCCCCC(O)C(=O)NC(COC1OC(CO)C(O)C(O)C1O)C(O)C(O)CCC/C=C/CC/C=C/CCCCC. The van der Waals surface area contributed by atoms with E-state index in [1.807, 2.05) is 0 Å². The molecule has 0 spiro atoms. The third-order valence-electron chi connectivity index (χ3n) is 11.1. The van der Waals surface area contributed by atoms with E-state index in [4.69, 9.17) is 9.47 Å². The fraction of sp³-hybridized carbons (Fsp3) is 0.812. The summed E-state index contributed by atoms with van der Waals surface area (Å²) in [4.78, 5) is 13.1. The topological polar surface area (TPSA) is 189 Å². The smallest absolute Gasteiger partial charge is 0.249 e. The van der Waals surface area contributed by atoms with Crippen LogP contribution in [0.2, 0.25) is 0 Å². The molecule has 1 rings (SSSR count). The molecule has 9 atom stereocenters. The molecule has 344 valence electrons. The van der Waals surface area contributed by atoms with Gasteiger partial charge in [-0.1, -0.05) is 152 Å². The van der Waals surface area contributed by atoms with Gasteiger partial charge in [-0.25, -0.2) is 0 Å². The number of amides is 1. The van der Waals surface area contributed by atoms with Crippen LogP contribution in [0.5, 0.6) is 0 Å². The van der Waals surface area contributed by atoms with Crippen molar-refractivity contribution >= 4 is 5.91 Å². The molecule has 1 amide bonds. The molecular weight excluding hydrogens is 751 g/mol. The number of carbonyl (C=O) groups is 1. The highest BCUT2D eigenvalue weighted by molar-refractivity contribution is 5.80. The van der Waals surface area contributed by atoms with E-state index in [9.17, 15) is 40.5 Å². The van der Waals surface area contributed by atoms with Gasteiger partial charge in [0.05, 0.1) is 25.4 Å². The summed E-state index contributed by atoms with van der Waals surface area (Å²) < 4.78 is 11.1. The molecule has 59 heavy (non-hydrogen) atoms. The normalized spacial score (nSPS) is 22.2. The van der Waals surface area contributed by atoms with Crippen molar-refractivity contribution in [3.05, 3.63) is 48.6 Å². The lowest BCUT2D eigenvalue weighted by Gasteiger charge is -2.40. The average molecular weight is 838 g/mol. The molecule has 1 saturated heterocycles. The largest absolute Gasteiger partial charge is 0.394 e. The molecule has 0 aromatic rings. The van der Waals surface area contributed by atoms with Crippen LogP contribution in [0.4, 0.5) is 0 Å². The number of aliphatic hydroxyl groups is 7. The van der Waals surface area contributed by atoms with Gasteiger partial charge >= 0.3 is 0 Å². The number of hydrogen-bond acceptors (Lipinski definition) is 10. The lowest BCUT2D eigenvalue weighted by molar-refractivity contribution is -0.303. The van der Waals surface area contributed by atoms with E-state index in [2.05, 4.69) is 67.8 Å². The quantitative estimate of drug-likeness (QED) is 0.0225. The van der Waals surface area contributed by atoms with Gasteiger partial charge in [0.2, 0.25) is 5.91 Å². The molecule has 0 aliphatic carbocycles. The zero-order chi connectivity index (χ0) is 43.4. The second-order valence-electron chi connectivity index (χ2n) is 16.4. The van der Waals surface area contributed by atoms with Crippen LogP contribution < -0.4 is 5.32 Å². The van der Waals surface area contributed by atoms with Gasteiger partial charge in [0, 0.05) is 0 Å². The summed E-state index contributed by atoms with van der Waals surface area (Å²) in [7, 11) is 0. The highest BCUT2D eigenvalue weighted by atomic mass is 16.7. The maximum absolute atomic E-state index is 13.1. The third-order valence-corrected chi connectivity index (χ3v) is 11.1. The highest BCUT2D eigenvalue weighted by Gasteiger charge is 2.44. The summed E-state index contributed by atoms with van der Waals surface area (Å²) in [5, 5.41) is 75.6. The van der Waals surface area contributed by atoms with Gasteiger partial charge in [0.15, 0.2) is 6.29 Å². The molecule has 0 aromatic heterocycles. The van der Waals surface area contributed by atoms with E-state index in [0.29, 0.717) is 19.3 Å². The van der Waals surface area contributed by atoms with Gasteiger partial charge in [-0.2, -0.15) is 0 Å². The van der Waals surface area contributed by atoms with E-state index in [1.165, 1.54) is 83.5 Å². The molecule has 11 heteroatoms. The molecule has 1 aliphatic rings. The van der Waals surface area contributed by atoms with E-state index < -0.39 is 74.2 Å². The first-order valence-corrected chi connectivity index (χ1v) is 23.5. The number of ether oxygens (including phenoxy) is 2. The Morgan fingerprint density at radius 3 is 1.69 bits per heavy atom. The summed E-state index contributed by atoms with van der Waals surface area (Å²) in [5.74, 6) is -0.715. The van der Waals surface area contributed by atoms with Crippen LogP contribution in [0.3, 0.4) is 0 Å². The lowest BCUT2D eigenvalue weighted by Crippen LogP contribution is -2.60. The summed E-state index contributed by atoms with van der Waals surface area (Å²) in [6, 6.07) is -1.19. The fourth-order valence-corrected chi connectivity index (χ4v) is 7.20. The maximum atomic E-state index is 13.1. The van der Waals surface area contributed by atoms with E-state index in [1.54, 1.807) is 0 Å². The number of hydrogen-bond donors (Lipinski definition) is 8. The van der Waals surface area contributed by atoms with Crippen molar-refractivity contribution in [2.45, 2.75) is 236 Å². The van der Waals surface area contributed by atoms with Gasteiger partial charge in [-0.15, -0.1) is 0 Å². The molecule has 1 aliphatic heterocycles. The van der Waals surface area contributed by atoms with Crippen molar-refractivity contribution in [3.63, 3.8) is 0 Å². The van der Waals surface area contributed by atoms with Crippen LogP contribution in [0.1, 0.15) is 181 Å². The Hall–Kier alpha value is -1.93. The van der Waals surface area contributed by atoms with E-state index in [0.717, 1.165) is 51.4 Å². The second kappa shape index (κ2) is 37.8. The zero-order valence-corrected chi connectivity index (χ0v) is 37.0. The zero-order valence-electron chi connectivity index (χ0n) is 37.0. The maximum Gasteiger partial charge on any atom is 0.249 e. The van der Waals surface area contributed by atoms with Crippen LogP contribution in [0.25, 0.3) is 0 Å². The van der Waals surface area contributed by atoms with Crippen molar-refractivity contribution < 1.29 is 50.0 Å². The van der Waals surface area contributed by atoms with Crippen LogP contribution in [0.15, 0.2) is 48.6 Å². The standard InChI is InChI=1S/C48H87NO10/c1-3-5-7-9-11-13-15-17-18-19-20-21-22-23-24-26-28-30-32-34-36-41(52)47(57)49-39(38-58-48-46(56)45(55)44(54)42(37-50)59-48)43(53)40(51)35-33-31-29-27-25-16-14-12-10-8-6-4-2/h5,7,11-14,27,29,39-46,48,50-56H,3-4,6,8-10,15-26,28,30-38H2,1-2H3,(H,49,57)/b7-5-,13-11-,14-12+,29-27+. The molecule has 0 saturated carbocycles. The Bertz CT molecular complexity index is 1100. The summed E-state index contributed by atoms with van der Waals surface area (Å²) in [6.45, 7) is 3.27. The van der Waals surface area contributed by atoms with Gasteiger partial charge < -0.3 is 50.5 Å². The Morgan fingerprint density at radius 2 is 1.12 bits per heavy atom. The van der Waals surface area contributed by atoms with Gasteiger partial charge in [0.25, 0.3) is 0 Å². The first-order chi connectivity index (χ1) is 28.7. The molecule has 9 unspecified atom stereocenters. The molecule has 8 N–H and O–H groups in total. The molecule has 0 bridgehead atoms. The van der Waals surface area contributed by atoms with Crippen molar-refractivity contribution in [1.82, 2.24) is 5.32 Å². The number of allylic oxidation sites excluding steroid dienone is 8. The van der Waals surface area contributed by atoms with Gasteiger partial charge in [-0.05, 0) is 77.0 Å². The van der Waals surface area contributed by atoms with Crippen LogP contribution in [-0.4, -0.2) is 110 Å². The van der Waals surface area contributed by atoms with Gasteiger partial charge in [-0.3, -0.25) is 4.79 Å². The Morgan fingerprint density at radius 1 is 0.610 bits per heavy atom. The molecule has 0 aromatic carbocycles. The predicted molar refractivity (Wildman–Crippen MR) is 238 cm³/mol. The lowest BCUT2D eigenvalue weighted by atomic mass is 9.98. The first kappa shape index (κ1) is 55.1. The average Bonchev–Trinajstić information content (AvgIpc) is 3.23. The van der Waals surface area contributed by atoms with Crippen LogP contribution in [-0.2, 0) is 14.3 Å². The minimum atomic E-state index is -1.67. The third kappa shape index (κ3) is 27.6. The van der Waals surface area contributed by atoms with Gasteiger partial charge in [0.1, 0.15) is 36.6 Å². The molecule has 1 fully saturated rings. The fourth-order valence-electron chi connectivity index (χ4n) is 7.20. The second-order valence-corrected chi connectivity index (χ2v) is 16.4. The van der Waals surface area contributed by atoms with Crippen LogP contribution in [0, 0.1) is 0 Å². The van der Waals surface area contributed by atoms with Crippen molar-refractivity contribution in [1.29, 1.82) is 0 Å². The Labute approximate surface area is 358 Å². The predicted octanol–water partition coefficient (Wildman–Crippen LogP) is 7.78. The minimum Gasteiger partial charge on any atom is -0.394 e. The van der Waals surface area contributed by atoms with E-state index >= 15 is 0 Å². The van der Waals surface area contributed by atoms with E-state index in [-0.39, 0.29) is 12.8 Å². The summed E-state index contributed by atoms with van der Waals surface area (Å²) in [6.07, 6.45) is 33.1. The number of unbranched alkanes of at least 4 members (excludes halogenated alkanes) is 18. The number of rotatable bonds is 38. The molecule has 0 radical (unpaired) electrons. The summed E-state index contributed by atoms with van der Waals surface area (Å²) >= 11 is 0. The summed E-state index contributed by atoms with van der Waals surface area (Å²) in [5.41, 5.74) is 0. The van der Waals surface area contributed by atoms with Crippen molar-refractivity contribution in [2.24, 2.45) is 0 Å². The Kier molecular flexibility index (Phi) is 35.3. The number of carbonyl (C=O) groups excluding carboxylic acids is 1. The van der Waals surface area contributed by atoms with Crippen molar-refractivity contribution in [3.8, 4) is 0 Å². The molecular formula is C48H87NO10. The van der Waals surface area contributed by atoms with Crippen LogP contribution >= 0.6 is 0 Å². The molecule has 11 nitrogen and oxygen atoms in total. The molecule has 1 heterocycles. The first-order valence-electron chi connectivity index (χ1n) is 23.5. The Balaban J connectivity index is 2.42. The minimum absolute atomic E-state index is 0.244. The number of aliphatic hydroxyl groups excluding tert-OH is 7. The van der Waals surface area contributed by atoms with Crippen molar-refractivity contribution in [2.75, 3.05) is 13.2 Å². The monoisotopic (exact) mass is 838 g/mol.